The number of rotatable bonds is 16. The van der Waals surface area contributed by atoms with Crippen LogP contribution in [-0.2, 0) is 19.1 Å². The van der Waals surface area contributed by atoms with Crippen LogP contribution >= 0.6 is 0 Å². The summed E-state index contributed by atoms with van der Waals surface area (Å²) in [5.74, 6) is -1.38. The van der Waals surface area contributed by atoms with E-state index < -0.39 is 5.92 Å². The summed E-state index contributed by atoms with van der Waals surface area (Å²) in [5.41, 5.74) is 0. The SMILES string of the molecule is CCCCCCCCOC(=O)C1C=CCCC1C(=O)OCCCCCCCC. The number of hydrogen-bond donors (Lipinski definition) is 0. The van der Waals surface area contributed by atoms with Crippen LogP contribution in [0.1, 0.15) is 104 Å². The molecule has 2 unspecified atom stereocenters. The standard InChI is InChI=1S/C24H42O4/c1-3-5-7-9-11-15-19-27-23(25)21-17-13-14-18-22(21)24(26)28-20-16-12-10-8-6-4-2/h13,17,21-22H,3-12,14-16,18-20H2,1-2H3. The normalized spacial score (nSPS) is 18.8. The van der Waals surface area contributed by atoms with E-state index in [4.69, 9.17) is 9.47 Å². The Balaban J connectivity index is 2.25. The number of carbonyl (C=O) groups excluding carboxylic acids is 2. The molecule has 0 aromatic rings. The number of hydrogen-bond acceptors (Lipinski definition) is 4. The zero-order valence-electron chi connectivity index (χ0n) is 18.3. The van der Waals surface area contributed by atoms with Crippen LogP contribution in [0.4, 0.5) is 0 Å². The number of ether oxygens (including phenoxy) is 2. The lowest BCUT2D eigenvalue weighted by atomic mass is 9.84. The van der Waals surface area contributed by atoms with Gasteiger partial charge in [0.05, 0.1) is 25.0 Å². The van der Waals surface area contributed by atoms with Crippen molar-refractivity contribution >= 4 is 11.9 Å². The third-order valence-electron chi connectivity index (χ3n) is 5.48. The van der Waals surface area contributed by atoms with Gasteiger partial charge in [-0.3, -0.25) is 9.59 Å². The summed E-state index contributed by atoms with van der Waals surface area (Å²) in [6.07, 6.45) is 19.2. The molecule has 0 saturated heterocycles. The minimum Gasteiger partial charge on any atom is -0.465 e. The second-order valence-electron chi connectivity index (χ2n) is 8.01. The van der Waals surface area contributed by atoms with Crippen molar-refractivity contribution in [1.29, 1.82) is 0 Å². The van der Waals surface area contributed by atoms with E-state index in [1.165, 1.54) is 51.4 Å². The van der Waals surface area contributed by atoms with Crippen molar-refractivity contribution in [3.63, 3.8) is 0 Å². The van der Waals surface area contributed by atoms with Crippen LogP contribution in [0.3, 0.4) is 0 Å². The van der Waals surface area contributed by atoms with Gasteiger partial charge < -0.3 is 9.47 Å². The van der Waals surface area contributed by atoms with Gasteiger partial charge in [-0.2, -0.15) is 0 Å². The average molecular weight is 395 g/mol. The summed E-state index contributed by atoms with van der Waals surface area (Å²) < 4.78 is 10.9. The van der Waals surface area contributed by atoms with Crippen LogP contribution in [0, 0.1) is 11.8 Å². The molecule has 2 atom stereocenters. The molecule has 1 aliphatic rings. The Morgan fingerprint density at radius 3 is 1.82 bits per heavy atom. The van der Waals surface area contributed by atoms with E-state index in [1.807, 2.05) is 12.2 Å². The van der Waals surface area contributed by atoms with E-state index in [1.54, 1.807) is 0 Å². The van der Waals surface area contributed by atoms with E-state index in [9.17, 15) is 9.59 Å². The van der Waals surface area contributed by atoms with Crippen molar-refractivity contribution < 1.29 is 19.1 Å². The molecule has 0 aromatic carbocycles. The maximum Gasteiger partial charge on any atom is 0.313 e. The van der Waals surface area contributed by atoms with Crippen molar-refractivity contribution in [3.05, 3.63) is 12.2 Å². The fraction of sp³-hybridized carbons (Fsp3) is 0.833. The van der Waals surface area contributed by atoms with Gasteiger partial charge in [-0.05, 0) is 25.7 Å². The number of unbranched alkanes of at least 4 members (excludes halogenated alkanes) is 10. The van der Waals surface area contributed by atoms with Gasteiger partial charge in [0.25, 0.3) is 0 Å². The molecule has 0 amide bonds. The van der Waals surface area contributed by atoms with E-state index in [0.717, 1.165) is 32.1 Å². The van der Waals surface area contributed by atoms with Gasteiger partial charge in [-0.25, -0.2) is 0 Å². The van der Waals surface area contributed by atoms with Crippen LogP contribution in [-0.4, -0.2) is 25.2 Å². The van der Waals surface area contributed by atoms with Crippen LogP contribution < -0.4 is 0 Å². The quantitative estimate of drug-likeness (QED) is 0.173. The fourth-order valence-corrected chi connectivity index (χ4v) is 3.65. The highest BCUT2D eigenvalue weighted by atomic mass is 16.5. The number of esters is 2. The van der Waals surface area contributed by atoms with E-state index in [-0.39, 0.29) is 17.9 Å². The Morgan fingerprint density at radius 2 is 1.25 bits per heavy atom. The maximum atomic E-state index is 12.5. The van der Waals surface area contributed by atoms with E-state index in [0.29, 0.717) is 19.6 Å². The summed E-state index contributed by atoms with van der Waals surface area (Å²) in [6, 6.07) is 0. The molecule has 0 N–H and O–H groups in total. The van der Waals surface area contributed by atoms with Gasteiger partial charge in [-0.15, -0.1) is 0 Å². The van der Waals surface area contributed by atoms with Crippen molar-refractivity contribution in [2.75, 3.05) is 13.2 Å². The molecule has 1 aliphatic carbocycles. The maximum absolute atomic E-state index is 12.5. The summed E-state index contributed by atoms with van der Waals surface area (Å²) in [5, 5.41) is 0. The Hall–Kier alpha value is -1.32. The third kappa shape index (κ3) is 10.9. The largest absolute Gasteiger partial charge is 0.465 e. The van der Waals surface area contributed by atoms with Gasteiger partial charge in [0.2, 0.25) is 0 Å². The number of carbonyl (C=O) groups is 2. The van der Waals surface area contributed by atoms with Gasteiger partial charge in [-0.1, -0.05) is 90.2 Å². The first-order chi connectivity index (χ1) is 13.7. The van der Waals surface area contributed by atoms with Crippen molar-refractivity contribution in [3.8, 4) is 0 Å². The molecule has 0 radical (unpaired) electrons. The van der Waals surface area contributed by atoms with E-state index >= 15 is 0 Å². The number of allylic oxidation sites excluding steroid dienone is 1. The lowest BCUT2D eigenvalue weighted by Crippen LogP contribution is -2.33. The molecule has 162 valence electrons. The molecule has 0 spiro atoms. The summed E-state index contributed by atoms with van der Waals surface area (Å²) >= 11 is 0. The molecule has 0 heterocycles. The minimum absolute atomic E-state index is 0.237. The van der Waals surface area contributed by atoms with Gasteiger partial charge >= 0.3 is 11.9 Å². The predicted molar refractivity (Wildman–Crippen MR) is 114 cm³/mol. The van der Waals surface area contributed by atoms with Crippen molar-refractivity contribution in [1.82, 2.24) is 0 Å². The highest BCUT2D eigenvalue weighted by Crippen LogP contribution is 2.27. The average Bonchev–Trinajstić information content (AvgIpc) is 2.72. The first kappa shape index (κ1) is 24.7. The lowest BCUT2D eigenvalue weighted by molar-refractivity contribution is -0.159. The molecule has 0 aliphatic heterocycles. The highest BCUT2D eigenvalue weighted by molar-refractivity contribution is 5.83. The van der Waals surface area contributed by atoms with Gasteiger partial charge in [0.1, 0.15) is 0 Å². The Kier molecular flexibility index (Phi) is 14.7. The summed E-state index contributed by atoms with van der Waals surface area (Å²) in [4.78, 5) is 24.9. The summed E-state index contributed by atoms with van der Waals surface area (Å²) in [6.45, 7) is 5.32. The molecule has 0 fully saturated rings. The van der Waals surface area contributed by atoms with Crippen molar-refractivity contribution in [2.45, 2.75) is 104 Å². The molecule has 4 heteroatoms. The molecular formula is C24H42O4. The van der Waals surface area contributed by atoms with Crippen LogP contribution in [0.2, 0.25) is 0 Å². The second kappa shape index (κ2) is 16.6. The Morgan fingerprint density at radius 1 is 0.750 bits per heavy atom. The molecule has 0 bridgehead atoms. The van der Waals surface area contributed by atoms with E-state index in [2.05, 4.69) is 13.8 Å². The zero-order valence-corrected chi connectivity index (χ0v) is 18.3. The molecule has 0 saturated carbocycles. The lowest BCUT2D eigenvalue weighted by Gasteiger charge is -2.24. The summed E-state index contributed by atoms with van der Waals surface area (Å²) in [7, 11) is 0. The Bertz CT molecular complexity index is 444. The van der Waals surface area contributed by atoms with Crippen molar-refractivity contribution in [2.24, 2.45) is 11.8 Å². The molecule has 0 aromatic heterocycles. The molecule has 28 heavy (non-hydrogen) atoms. The van der Waals surface area contributed by atoms with Crippen LogP contribution in [0.5, 0.6) is 0 Å². The minimum atomic E-state index is -0.481. The second-order valence-corrected chi connectivity index (χ2v) is 8.01. The fourth-order valence-electron chi connectivity index (χ4n) is 3.65. The smallest absolute Gasteiger partial charge is 0.313 e. The topological polar surface area (TPSA) is 52.6 Å². The van der Waals surface area contributed by atoms with Gasteiger partial charge in [0.15, 0.2) is 0 Å². The zero-order chi connectivity index (χ0) is 20.5. The first-order valence-corrected chi connectivity index (χ1v) is 11.7. The first-order valence-electron chi connectivity index (χ1n) is 11.7. The monoisotopic (exact) mass is 394 g/mol. The van der Waals surface area contributed by atoms with Gasteiger partial charge in [0, 0.05) is 0 Å². The van der Waals surface area contributed by atoms with Crippen LogP contribution in [0.25, 0.3) is 0 Å². The van der Waals surface area contributed by atoms with Crippen LogP contribution in [0.15, 0.2) is 12.2 Å². The molecular weight excluding hydrogens is 352 g/mol. The highest BCUT2D eigenvalue weighted by Gasteiger charge is 2.35. The third-order valence-corrected chi connectivity index (χ3v) is 5.48. The molecule has 1 rings (SSSR count). The Labute approximate surface area is 172 Å². The predicted octanol–water partition coefficient (Wildman–Crippen LogP) is 6.38. The molecule has 4 nitrogen and oxygen atoms in total.